The number of nitrogens with two attached hydrogens (primary N) is 1. The van der Waals surface area contributed by atoms with Gasteiger partial charge in [0.15, 0.2) is 0 Å². The molecule has 0 spiro atoms. The fourth-order valence-corrected chi connectivity index (χ4v) is 2.56. The smallest absolute Gasteiger partial charge is 0.238 e. The summed E-state index contributed by atoms with van der Waals surface area (Å²) in [5, 5.41) is 11.0. The van der Waals surface area contributed by atoms with Crippen LogP contribution in [0.15, 0.2) is 29.2 Å². The van der Waals surface area contributed by atoms with Gasteiger partial charge in [-0.2, -0.15) is 0 Å². The number of sulfonamides is 1. The Hall–Kier alpha value is -1.44. The van der Waals surface area contributed by atoms with E-state index in [0.717, 1.165) is 19.4 Å². The molecule has 6 nitrogen and oxygen atoms in total. The lowest BCUT2D eigenvalue weighted by Crippen LogP contribution is -2.37. The van der Waals surface area contributed by atoms with Crippen LogP contribution in [0.1, 0.15) is 12.8 Å². The van der Waals surface area contributed by atoms with E-state index in [1.165, 1.54) is 24.3 Å². The van der Waals surface area contributed by atoms with Gasteiger partial charge in [-0.1, -0.05) is 0 Å². The summed E-state index contributed by atoms with van der Waals surface area (Å²) in [5.74, 6) is -0.0813. The average molecular weight is 283 g/mol. The number of rotatable bonds is 3. The number of anilines is 1. The molecular formula is C12H17N3O3S. The molecule has 19 heavy (non-hydrogen) atoms. The second-order valence-corrected chi connectivity index (χ2v) is 6.16. The third-order valence-electron chi connectivity index (χ3n) is 3.12. The minimum Gasteiger partial charge on any atom is -0.326 e. The summed E-state index contributed by atoms with van der Waals surface area (Å²) in [7, 11) is -3.69. The minimum absolute atomic E-state index is 0.0323. The van der Waals surface area contributed by atoms with Crippen molar-refractivity contribution in [1.82, 2.24) is 5.32 Å². The van der Waals surface area contributed by atoms with Crippen molar-refractivity contribution in [3.05, 3.63) is 24.3 Å². The second-order valence-electron chi connectivity index (χ2n) is 4.60. The van der Waals surface area contributed by atoms with E-state index < -0.39 is 10.0 Å². The van der Waals surface area contributed by atoms with Gasteiger partial charge < -0.3 is 10.6 Å². The van der Waals surface area contributed by atoms with Crippen LogP contribution in [0, 0.1) is 5.92 Å². The van der Waals surface area contributed by atoms with Crippen molar-refractivity contribution < 1.29 is 13.2 Å². The van der Waals surface area contributed by atoms with E-state index in [0.29, 0.717) is 12.2 Å². The SMILES string of the molecule is NS(=O)(=O)c1ccc(NC(=O)[C@H]2CCCNC2)cc1. The maximum Gasteiger partial charge on any atom is 0.238 e. The first-order valence-electron chi connectivity index (χ1n) is 6.11. The Balaban J connectivity index is 2.01. The van der Waals surface area contributed by atoms with Gasteiger partial charge in [-0.25, -0.2) is 13.6 Å². The van der Waals surface area contributed by atoms with Crippen molar-refractivity contribution in [3.8, 4) is 0 Å². The molecular weight excluding hydrogens is 266 g/mol. The molecule has 1 fully saturated rings. The first-order valence-corrected chi connectivity index (χ1v) is 7.66. The Morgan fingerprint density at radius 1 is 1.32 bits per heavy atom. The van der Waals surface area contributed by atoms with Crippen LogP contribution >= 0.6 is 0 Å². The van der Waals surface area contributed by atoms with Gasteiger partial charge in [-0.3, -0.25) is 4.79 Å². The van der Waals surface area contributed by atoms with Crippen LogP contribution in [0.2, 0.25) is 0 Å². The lowest BCUT2D eigenvalue weighted by Gasteiger charge is -2.21. The molecule has 1 heterocycles. The summed E-state index contributed by atoms with van der Waals surface area (Å²) in [6, 6.07) is 5.83. The molecule has 1 aliphatic rings. The zero-order chi connectivity index (χ0) is 13.9. The van der Waals surface area contributed by atoms with Crippen molar-refractivity contribution in [2.75, 3.05) is 18.4 Å². The van der Waals surface area contributed by atoms with E-state index in [1.54, 1.807) is 0 Å². The van der Waals surface area contributed by atoms with Gasteiger partial charge in [0.05, 0.1) is 10.8 Å². The van der Waals surface area contributed by atoms with Gasteiger partial charge >= 0.3 is 0 Å². The third-order valence-corrected chi connectivity index (χ3v) is 4.05. The first kappa shape index (κ1) is 14.0. The van der Waals surface area contributed by atoms with Crippen molar-refractivity contribution >= 4 is 21.6 Å². The maximum absolute atomic E-state index is 12.0. The summed E-state index contributed by atoms with van der Waals surface area (Å²) < 4.78 is 22.2. The molecule has 1 atom stereocenters. The molecule has 1 aromatic rings. The van der Waals surface area contributed by atoms with E-state index in [-0.39, 0.29) is 16.7 Å². The van der Waals surface area contributed by atoms with Crippen LogP contribution in [0.5, 0.6) is 0 Å². The number of carbonyl (C=O) groups excluding carboxylic acids is 1. The quantitative estimate of drug-likeness (QED) is 0.741. The molecule has 1 saturated heterocycles. The largest absolute Gasteiger partial charge is 0.326 e. The van der Waals surface area contributed by atoms with E-state index in [2.05, 4.69) is 10.6 Å². The lowest BCUT2D eigenvalue weighted by molar-refractivity contribution is -0.120. The van der Waals surface area contributed by atoms with Crippen molar-refractivity contribution in [1.29, 1.82) is 0 Å². The fourth-order valence-electron chi connectivity index (χ4n) is 2.05. The van der Waals surface area contributed by atoms with Crippen LogP contribution in [-0.2, 0) is 14.8 Å². The Morgan fingerprint density at radius 3 is 2.53 bits per heavy atom. The molecule has 0 aliphatic carbocycles. The molecule has 104 valence electrons. The molecule has 1 aliphatic heterocycles. The van der Waals surface area contributed by atoms with E-state index in [4.69, 9.17) is 5.14 Å². The normalized spacial score (nSPS) is 19.9. The van der Waals surface area contributed by atoms with Crippen LogP contribution in [0.25, 0.3) is 0 Å². The van der Waals surface area contributed by atoms with Gasteiger partial charge in [0, 0.05) is 12.2 Å². The molecule has 2 rings (SSSR count). The van der Waals surface area contributed by atoms with Crippen molar-refractivity contribution in [2.45, 2.75) is 17.7 Å². The number of nitrogens with one attached hydrogen (secondary N) is 2. The summed E-state index contributed by atoms with van der Waals surface area (Å²) in [4.78, 5) is 12.0. The molecule has 0 radical (unpaired) electrons. The Morgan fingerprint density at radius 2 is 2.00 bits per heavy atom. The van der Waals surface area contributed by atoms with Gasteiger partial charge in [-0.05, 0) is 43.7 Å². The van der Waals surface area contributed by atoms with Gasteiger partial charge in [0.2, 0.25) is 15.9 Å². The highest BCUT2D eigenvalue weighted by atomic mass is 32.2. The lowest BCUT2D eigenvalue weighted by atomic mass is 9.99. The standard InChI is InChI=1S/C12H17N3O3S/c13-19(17,18)11-5-3-10(4-6-11)15-12(16)9-2-1-7-14-8-9/h3-6,9,14H,1-2,7-8H2,(H,15,16)(H2,13,17,18)/t9-/m0/s1. The van der Waals surface area contributed by atoms with Gasteiger partial charge in [-0.15, -0.1) is 0 Å². The minimum atomic E-state index is -3.69. The highest BCUT2D eigenvalue weighted by Gasteiger charge is 2.20. The summed E-state index contributed by atoms with van der Waals surface area (Å²) in [6.45, 7) is 1.63. The molecule has 7 heteroatoms. The molecule has 4 N–H and O–H groups in total. The van der Waals surface area contributed by atoms with E-state index >= 15 is 0 Å². The first-order chi connectivity index (χ1) is 8.97. The summed E-state index contributed by atoms with van der Waals surface area (Å²) >= 11 is 0. The maximum atomic E-state index is 12.0. The van der Waals surface area contributed by atoms with Crippen LogP contribution in [-0.4, -0.2) is 27.4 Å². The van der Waals surface area contributed by atoms with E-state index in [9.17, 15) is 13.2 Å². The number of hydrogen-bond acceptors (Lipinski definition) is 4. The Bertz CT molecular complexity index is 548. The number of benzene rings is 1. The molecule has 0 aromatic heterocycles. The topological polar surface area (TPSA) is 101 Å². The second kappa shape index (κ2) is 5.68. The number of amides is 1. The summed E-state index contributed by atoms with van der Waals surface area (Å²) in [6.07, 6.45) is 1.86. The van der Waals surface area contributed by atoms with Crippen LogP contribution in [0.4, 0.5) is 5.69 Å². The van der Waals surface area contributed by atoms with Crippen LogP contribution in [0.3, 0.4) is 0 Å². The highest BCUT2D eigenvalue weighted by Crippen LogP contribution is 2.16. The fraction of sp³-hybridized carbons (Fsp3) is 0.417. The monoisotopic (exact) mass is 283 g/mol. The molecule has 1 aromatic carbocycles. The molecule has 0 unspecified atom stereocenters. The van der Waals surface area contributed by atoms with Crippen molar-refractivity contribution in [3.63, 3.8) is 0 Å². The molecule has 1 amide bonds. The average Bonchev–Trinajstić information content (AvgIpc) is 2.39. The zero-order valence-corrected chi connectivity index (χ0v) is 11.2. The predicted octanol–water partition coefficient (Wildman–Crippen LogP) is 0.272. The van der Waals surface area contributed by atoms with Gasteiger partial charge in [0.1, 0.15) is 0 Å². The van der Waals surface area contributed by atoms with E-state index in [1.807, 2.05) is 0 Å². The number of hydrogen-bond donors (Lipinski definition) is 3. The Labute approximate surface area is 112 Å². The number of primary sulfonamides is 1. The molecule has 0 bridgehead atoms. The highest BCUT2D eigenvalue weighted by molar-refractivity contribution is 7.89. The Kier molecular flexibility index (Phi) is 4.18. The summed E-state index contributed by atoms with van der Waals surface area (Å²) in [5.41, 5.74) is 0.572. The zero-order valence-electron chi connectivity index (χ0n) is 10.4. The molecule has 0 saturated carbocycles. The van der Waals surface area contributed by atoms with Crippen molar-refractivity contribution in [2.24, 2.45) is 11.1 Å². The third kappa shape index (κ3) is 3.76. The van der Waals surface area contributed by atoms with Crippen LogP contribution < -0.4 is 15.8 Å². The predicted molar refractivity (Wildman–Crippen MR) is 72.0 cm³/mol. The van der Waals surface area contributed by atoms with Gasteiger partial charge in [0.25, 0.3) is 0 Å². The number of carbonyl (C=O) groups is 1. The number of piperidine rings is 1.